The van der Waals surface area contributed by atoms with E-state index in [1.165, 1.54) is 4.68 Å². The molecule has 0 aliphatic rings. The highest BCUT2D eigenvalue weighted by atomic mass is 79.9. The zero-order valence-corrected chi connectivity index (χ0v) is 28.7. The molecule has 7 nitrogen and oxygen atoms in total. The van der Waals surface area contributed by atoms with Gasteiger partial charge in [-0.15, -0.1) is 0 Å². The lowest BCUT2D eigenvalue weighted by molar-refractivity contribution is 0.282. The molecule has 5 aromatic rings. The highest BCUT2D eigenvalue weighted by Crippen LogP contribution is 2.43. The Morgan fingerprint density at radius 3 is 2.39 bits per heavy atom. The molecule has 5 rings (SSSR count). The molecular formula is C34H30Br2ClN3O4. The third-order valence-corrected chi connectivity index (χ3v) is 9.72. The summed E-state index contributed by atoms with van der Waals surface area (Å²) >= 11 is 13.6. The van der Waals surface area contributed by atoms with Crippen LogP contribution in [0.25, 0.3) is 22.3 Å². The molecule has 0 bridgehead atoms. The Bertz CT molecular complexity index is 1960. The maximum atomic E-state index is 13.9. The van der Waals surface area contributed by atoms with Crippen LogP contribution in [0.3, 0.4) is 0 Å². The molecule has 0 radical (unpaired) electrons. The molecule has 4 aromatic carbocycles. The van der Waals surface area contributed by atoms with E-state index in [-0.39, 0.29) is 18.1 Å². The van der Waals surface area contributed by atoms with Crippen LogP contribution in [0.5, 0.6) is 17.2 Å². The molecule has 44 heavy (non-hydrogen) atoms. The summed E-state index contributed by atoms with van der Waals surface area (Å²) in [7, 11) is 3.22. The molecule has 0 aliphatic carbocycles. The van der Waals surface area contributed by atoms with Crippen LogP contribution in [-0.4, -0.2) is 30.1 Å². The Labute approximate surface area is 277 Å². The number of hydrogen-bond donors (Lipinski definition) is 0. The van der Waals surface area contributed by atoms with Gasteiger partial charge < -0.3 is 14.2 Å². The molecule has 0 saturated heterocycles. The van der Waals surface area contributed by atoms with E-state index in [1.54, 1.807) is 32.6 Å². The third kappa shape index (κ3) is 6.27. The summed E-state index contributed by atoms with van der Waals surface area (Å²) in [6, 6.07) is 20.5. The zero-order valence-electron chi connectivity index (χ0n) is 24.8. The van der Waals surface area contributed by atoms with Crippen LogP contribution in [0, 0.1) is 6.92 Å². The summed E-state index contributed by atoms with van der Waals surface area (Å²) in [6.45, 7) is 6.41. The number of fused-ring (bicyclic) bond motifs is 1. The summed E-state index contributed by atoms with van der Waals surface area (Å²) < 4.78 is 20.1. The Morgan fingerprint density at radius 1 is 0.977 bits per heavy atom. The van der Waals surface area contributed by atoms with Gasteiger partial charge in [0.15, 0.2) is 17.3 Å². The van der Waals surface area contributed by atoms with Gasteiger partial charge in [0.1, 0.15) is 12.4 Å². The van der Waals surface area contributed by atoms with E-state index in [0.717, 1.165) is 28.0 Å². The SMILES string of the molecule is COc1cc(C)c(-c2nc3ccccc3c(=O)n2N=Cc2cc(OC)c(OCc3ccccc3Cl)c(Br)c2Br)cc1C(C)C. The number of para-hydroxylation sites is 1. The molecular weight excluding hydrogens is 710 g/mol. The topological polar surface area (TPSA) is 74.9 Å². The van der Waals surface area contributed by atoms with Crippen LogP contribution in [0.4, 0.5) is 0 Å². The quantitative estimate of drug-likeness (QED) is 0.141. The molecule has 0 aliphatic heterocycles. The zero-order chi connectivity index (χ0) is 31.5. The number of ether oxygens (including phenoxy) is 3. The van der Waals surface area contributed by atoms with Gasteiger partial charge in [0.2, 0.25) is 0 Å². The van der Waals surface area contributed by atoms with E-state index in [4.69, 9.17) is 35.9 Å². The molecule has 0 unspecified atom stereocenters. The lowest BCUT2D eigenvalue weighted by Gasteiger charge is -2.18. The van der Waals surface area contributed by atoms with Crippen molar-refractivity contribution < 1.29 is 14.2 Å². The molecule has 10 heteroatoms. The van der Waals surface area contributed by atoms with Crippen LogP contribution in [0.15, 0.2) is 85.6 Å². The number of benzene rings is 4. The van der Waals surface area contributed by atoms with Gasteiger partial charge in [-0.25, -0.2) is 4.98 Å². The Balaban J connectivity index is 1.63. The van der Waals surface area contributed by atoms with Gasteiger partial charge in [0.05, 0.1) is 35.8 Å². The number of halogens is 3. The highest BCUT2D eigenvalue weighted by Gasteiger charge is 2.20. The monoisotopic (exact) mass is 737 g/mol. The van der Waals surface area contributed by atoms with Crippen molar-refractivity contribution in [2.45, 2.75) is 33.3 Å². The number of rotatable bonds is 9. The molecule has 1 aromatic heterocycles. The van der Waals surface area contributed by atoms with Crippen molar-refractivity contribution in [3.8, 4) is 28.6 Å². The van der Waals surface area contributed by atoms with E-state index in [1.807, 2.05) is 61.5 Å². The second kappa shape index (κ2) is 13.5. The van der Waals surface area contributed by atoms with Crippen molar-refractivity contribution in [1.82, 2.24) is 9.66 Å². The minimum atomic E-state index is -0.287. The largest absolute Gasteiger partial charge is 0.496 e. The summed E-state index contributed by atoms with van der Waals surface area (Å²) in [5.74, 6) is 2.38. The Morgan fingerprint density at radius 2 is 1.68 bits per heavy atom. The van der Waals surface area contributed by atoms with Gasteiger partial charge in [0, 0.05) is 26.2 Å². The van der Waals surface area contributed by atoms with E-state index in [2.05, 4.69) is 45.7 Å². The van der Waals surface area contributed by atoms with E-state index in [0.29, 0.717) is 47.8 Å². The molecule has 0 N–H and O–H groups in total. The smallest absolute Gasteiger partial charge is 0.282 e. The molecule has 226 valence electrons. The van der Waals surface area contributed by atoms with Crippen LogP contribution in [0.1, 0.15) is 42.0 Å². The number of hydrogen-bond acceptors (Lipinski definition) is 6. The van der Waals surface area contributed by atoms with Gasteiger partial charge in [-0.2, -0.15) is 9.78 Å². The van der Waals surface area contributed by atoms with Crippen molar-refractivity contribution >= 4 is 60.6 Å². The predicted octanol–water partition coefficient (Wildman–Crippen LogP) is 9.15. The summed E-state index contributed by atoms with van der Waals surface area (Å²) in [5.41, 5.74) is 4.50. The normalized spacial score (nSPS) is 11.5. The number of aromatic nitrogens is 2. The van der Waals surface area contributed by atoms with Crippen molar-refractivity contribution in [2.24, 2.45) is 5.10 Å². The number of aryl methyl sites for hydroxylation is 1. The maximum Gasteiger partial charge on any atom is 0.282 e. The fourth-order valence-electron chi connectivity index (χ4n) is 4.84. The second-order valence-electron chi connectivity index (χ2n) is 10.4. The molecule has 0 amide bonds. The Kier molecular flexibility index (Phi) is 9.78. The van der Waals surface area contributed by atoms with Crippen molar-refractivity contribution in [3.63, 3.8) is 0 Å². The number of nitrogens with zero attached hydrogens (tertiary/aromatic N) is 3. The average molecular weight is 740 g/mol. The Hall–Kier alpha value is -3.66. The van der Waals surface area contributed by atoms with E-state index < -0.39 is 0 Å². The number of methoxy groups -OCH3 is 2. The fourth-order valence-corrected chi connectivity index (χ4v) is 5.97. The van der Waals surface area contributed by atoms with E-state index in [9.17, 15) is 4.79 Å². The first-order valence-corrected chi connectivity index (χ1v) is 15.8. The first-order chi connectivity index (χ1) is 21.1. The first kappa shape index (κ1) is 31.8. The van der Waals surface area contributed by atoms with Gasteiger partial charge >= 0.3 is 0 Å². The third-order valence-electron chi connectivity index (χ3n) is 7.21. The predicted molar refractivity (Wildman–Crippen MR) is 184 cm³/mol. The molecule has 0 fully saturated rings. The van der Waals surface area contributed by atoms with Crippen LogP contribution in [-0.2, 0) is 6.61 Å². The summed E-state index contributed by atoms with van der Waals surface area (Å²) in [5, 5.41) is 5.77. The summed E-state index contributed by atoms with van der Waals surface area (Å²) in [6.07, 6.45) is 1.60. The van der Waals surface area contributed by atoms with Crippen LogP contribution >= 0.6 is 43.5 Å². The van der Waals surface area contributed by atoms with Crippen LogP contribution in [0.2, 0.25) is 5.02 Å². The lowest BCUT2D eigenvalue weighted by atomic mass is 9.96. The molecule has 0 spiro atoms. The fraction of sp³-hybridized carbons (Fsp3) is 0.206. The van der Waals surface area contributed by atoms with Crippen LogP contribution < -0.4 is 19.8 Å². The minimum absolute atomic E-state index is 0.188. The highest BCUT2D eigenvalue weighted by molar-refractivity contribution is 9.13. The van der Waals surface area contributed by atoms with Gasteiger partial charge in [0.25, 0.3) is 5.56 Å². The van der Waals surface area contributed by atoms with Gasteiger partial charge in [-0.1, -0.05) is 55.8 Å². The van der Waals surface area contributed by atoms with Crippen molar-refractivity contribution in [3.05, 3.63) is 113 Å². The van der Waals surface area contributed by atoms with Gasteiger partial charge in [-0.3, -0.25) is 4.79 Å². The average Bonchev–Trinajstić information content (AvgIpc) is 3.02. The first-order valence-electron chi connectivity index (χ1n) is 13.8. The minimum Gasteiger partial charge on any atom is -0.496 e. The molecule has 0 atom stereocenters. The second-order valence-corrected chi connectivity index (χ2v) is 12.4. The maximum absolute atomic E-state index is 13.9. The standard InChI is InChI=1S/C34H30Br2ClN3O4/c1-19(2)24-16-25(20(3)14-28(24)42-4)33-39-27-13-9-7-11-23(27)34(41)40(33)38-17-22-15-29(43-5)32(31(36)30(22)35)44-18-21-10-6-8-12-26(21)37/h6-17,19H,18H2,1-5H3. The van der Waals surface area contributed by atoms with Crippen molar-refractivity contribution in [2.75, 3.05) is 14.2 Å². The molecule has 0 saturated carbocycles. The lowest BCUT2D eigenvalue weighted by Crippen LogP contribution is -2.21. The molecule has 1 heterocycles. The summed E-state index contributed by atoms with van der Waals surface area (Å²) in [4.78, 5) is 18.8. The van der Waals surface area contributed by atoms with E-state index >= 15 is 0 Å². The van der Waals surface area contributed by atoms with Crippen molar-refractivity contribution in [1.29, 1.82) is 0 Å². The van der Waals surface area contributed by atoms with Gasteiger partial charge in [-0.05, 0) is 92.2 Å².